The number of piperidine rings is 1. The summed E-state index contributed by atoms with van der Waals surface area (Å²) >= 11 is 0. The maximum absolute atomic E-state index is 4.72. The molecule has 0 spiro atoms. The molecule has 2 nitrogen and oxygen atoms in total. The van der Waals surface area contributed by atoms with Crippen molar-refractivity contribution in [2.45, 2.75) is 38.5 Å². The molecule has 74 valence electrons. The van der Waals surface area contributed by atoms with Gasteiger partial charge in [-0.1, -0.05) is 6.42 Å². The fraction of sp³-hybridized carbons (Fsp3) is 0.909. The van der Waals surface area contributed by atoms with Crippen LogP contribution in [0.1, 0.15) is 38.5 Å². The molecule has 0 amide bonds. The molecular weight excluding hydrogens is 160 g/mol. The van der Waals surface area contributed by atoms with E-state index in [9.17, 15) is 0 Å². The molecule has 1 N–H and O–H groups in total. The van der Waals surface area contributed by atoms with Gasteiger partial charge in [-0.25, -0.2) is 0 Å². The topological polar surface area (TPSA) is 24.4 Å². The van der Waals surface area contributed by atoms with Crippen molar-refractivity contribution in [1.29, 1.82) is 0 Å². The van der Waals surface area contributed by atoms with E-state index >= 15 is 0 Å². The zero-order chi connectivity index (χ0) is 8.93. The van der Waals surface area contributed by atoms with Crippen molar-refractivity contribution in [3.63, 3.8) is 0 Å². The van der Waals surface area contributed by atoms with E-state index in [0.29, 0.717) is 0 Å². The van der Waals surface area contributed by atoms with Crippen LogP contribution in [0, 0.1) is 5.92 Å². The Hall–Kier alpha value is -0.370. The number of nitrogens with zero attached hydrogens (tertiary/aromatic N) is 1. The zero-order valence-corrected chi connectivity index (χ0v) is 8.39. The highest BCUT2D eigenvalue weighted by molar-refractivity contribution is 5.87. The smallest absolute Gasteiger partial charge is 0.0388 e. The van der Waals surface area contributed by atoms with E-state index in [1.807, 2.05) is 0 Å². The molecule has 0 unspecified atom stereocenters. The third-order valence-electron chi connectivity index (χ3n) is 3.17. The summed E-state index contributed by atoms with van der Waals surface area (Å²) in [6, 6.07) is 0. The number of aliphatic imine (C=N–C) groups is 1. The van der Waals surface area contributed by atoms with Crippen LogP contribution in [0.15, 0.2) is 4.99 Å². The first-order chi connectivity index (χ1) is 6.47. The van der Waals surface area contributed by atoms with Gasteiger partial charge >= 0.3 is 0 Å². The number of rotatable bonds is 1. The quantitative estimate of drug-likeness (QED) is 0.656. The highest BCUT2D eigenvalue weighted by Gasteiger charge is 2.19. The monoisotopic (exact) mass is 180 g/mol. The first kappa shape index (κ1) is 9.20. The highest BCUT2D eigenvalue weighted by atomic mass is 14.9. The Balaban J connectivity index is 1.92. The molecule has 13 heavy (non-hydrogen) atoms. The van der Waals surface area contributed by atoms with Crippen molar-refractivity contribution in [3.8, 4) is 0 Å². The van der Waals surface area contributed by atoms with Crippen LogP contribution in [0.5, 0.6) is 0 Å². The van der Waals surface area contributed by atoms with E-state index in [1.165, 1.54) is 57.3 Å². The molecule has 0 bridgehead atoms. The van der Waals surface area contributed by atoms with Crippen LogP contribution >= 0.6 is 0 Å². The second-order valence-corrected chi connectivity index (χ2v) is 4.23. The van der Waals surface area contributed by atoms with Crippen LogP contribution in [-0.4, -0.2) is 25.3 Å². The van der Waals surface area contributed by atoms with Crippen LogP contribution in [0.2, 0.25) is 0 Å². The Kier molecular flexibility index (Phi) is 3.36. The summed E-state index contributed by atoms with van der Waals surface area (Å²) in [5.74, 6) is 0.770. The molecule has 0 aromatic rings. The van der Waals surface area contributed by atoms with Gasteiger partial charge in [-0.05, 0) is 38.6 Å². The lowest BCUT2D eigenvalue weighted by molar-refractivity contribution is 0.453. The molecule has 2 heterocycles. The van der Waals surface area contributed by atoms with E-state index in [0.717, 1.165) is 12.5 Å². The average molecular weight is 180 g/mol. The predicted molar refractivity (Wildman–Crippen MR) is 56.4 cm³/mol. The van der Waals surface area contributed by atoms with Gasteiger partial charge < -0.3 is 5.32 Å². The van der Waals surface area contributed by atoms with Crippen molar-refractivity contribution in [1.82, 2.24) is 5.32 Å². The minimum atomic E-state index is 0.770. The Labute approximate surface area is 80.8 Å². The third-order valence-corrected chi connectivity index (χ3v) is 3.17. The minimum absolute atomic E-state index is 0.770. The lowest BCUT2D eigenvalue weighted by atomic mass is 9.92. The molecule has 2 aliphatic heterocycles. The molecular formula is C11H20N2. The Morgan fingerprint density at radius 1 is 1.15 bits per heavy atom. The van der Waals surface area contributed by atoms with Gasteiger partial charge in [0.2, 0.25) is 0 Å². The van der Waals surface area contributed by atoms with Crippen molar-refractivity contribution < 1.29 is 0 Å². The predicted octanol–water partition coefficient (Wildman–Crippen LogP) is 2.00. The van der Waals surface area contributed by atoms with Crippen LogP contribution in [0.25, 0.3) is 0 Å². The summed E-state index contributed by atoms with van der Waals surface area (Å²) < 4.78 is 0. The molecule has 0 aliphatic carbocycles. The zero-order valence-electron chi connectivity index (χ0n) is 8.39. The number of nitrogens with one attached hydrogen (secondary N) is 1. The molecule has 0 radical (unpaired) electrons. The van der Waals surface area contributed by atoms with Gasteiger partial charge in [0.15, 0.2) is 0 Å². The van der Waals surface area contributed by atoms with Crippen molar-refractivity contribution in [3.05, 3.63) is 0 Å². The number of hydrogen-bond donors (Lipinski definition) is 1. The van der Waals surface area contributed by atoms with Gasteiger partial charge in [-0.3, -0.25) is 4.99 Å². The second-order valence-electron chi connectivity index (χ2n) is 4.23. The van der Waals surface area contributed by atoms with Crippen LogP contribution in [0.4, 0.5) is 0 Å². The van der Waals surface area contributed by atoms with E-state index in [4.69, 9.17) is 4.99 Å². The van der Waals surface area contributed by atoms with Gasteiger partial charge in [0.05, 0.1) is 0 Å². The van der Waals surface area contributed by atoms with Crippen molar-refractivity contribution in [2.24, 2.45) is 10.9 Å². The van der Waals surface area contributed by atoms with E-state index in [1.54, 1.807) is 0 Å². The van der Waals surface area contributed by atoms with Gasteiger partial charge in [0.25, 0.3) is 0 Å². The fourth-order valence-electron chi connectivity index (χ4n) is 2.37. The Morgan fingerprint density at radius 2 is 2.15 bits per heavy atom. The Bertz CT molecular complexity index is 181. The average Bonchev–Trinajstić information content (AvgIpc) is 2.47. The SMILES string of the molecule is C1CCN=C([C@@H]2CCCNC2)CC1. The van der Waals surface area contributed by atoms with Gasteiger partial charge in [-0.2, -0.15) is 0 Å². The Morgan fingerprint density at radius 3 is 3.00 bits per heavy atom. The maximum Gasteiger partial charge on any atom is 0.0388 e. The molecule has 1 fully saturated rings. The third kappa shape index (κ3) is 2.53. The number of hydrogen-bond acceptors (Lipinski definition) is 2. The van der Waals surface area contributed by atoms with Crippen LogP contribution in [0.3, 0.4) is 0 Å². The maximum atomic E-state index is 4.72. The summed E-state index contributed by atoms with van der Waals surface area (Å²) in [4.78, 5) is 4.72. The normalized spacial score (nSPS) is 30.8. The summed E-state index contributed by atoms with van der Waals surface area (Å²) in [6.45, 7) is 3.48. The first-order valence-corrected chi connectivity index (χ1v) is 5.71. The largest absolute Gasteiger partial charge is 0.316 e. The molecule has 2 heteroatoms. The van der Waals surface area contributed by atoms with Crippen molar-refractivity contribution >= 4 is 5.71 Å². The molecule has 0 saturated carbocycles. The van der Waals surface area contributed by atoms with Crippen LogP contribution in [-0.2, 0) is 0 Å². The molecule has 0 aromatic carbocycles. The molecule has 2 aliphatic rings. The molecule has 2 rings (SSSR count). The minimum Gasteiger partial charge on any atom is -0.316 e. The van der Waals surface area contributed by atoms with Gasteiger partial charge in [0.1, 0.15) is 0 Å². The second kappa shape index (κ2) is 4.75. The van der Waals surface area contributed by atoms with E-state index < -0.39 is 0 Å². The fourth-order valence-corrected chi connectivity index (χ4v) is 2.37. The highest BCUT2D eigenvalue weighted by Crippen LogP contribution is 2.18. The molecule has 1 atom stereocenters. The first-order valence-electron chi connectivity index (χ1n) is 5.71. The van der Waals surface area contributed by atoms with E-state index in [2.05, 4.69) is 5.32 Å². The van der Waals surface area contributed by atoms with Crippen molar-refractivity contribution in [2.75, 3.05) is 19.6 Å². The lowest BCUT2D eigenvalue weighted by Gasteiger charge is -2.24. The molecule has 0 aromatic heterocycles. The van der Waals surface area contributed by atoms with Crippen LogP contribution < -0.4 is 5.32 Å². The summed E-state index contributed by atoms with van der Waals surface area (Å²) in [5.41, 5.74) is 1.52. The summed E-state index contributed by atoms with van der Waals surface area (Å²) in [5, 5.41) is 3.47. The van der Waals surface area contributed by atoms with Gasteiger partial charge in [-0.15, -0.1) is 0 Å². The summed E-state index contributed by atoms with van der Waals surface area (Å²) in [7, 11) is 0. The van der Waals surface area contributed by atoms with E-state index in [-0.39, 0.29) is 0 Å². The van der Waals surface area contributed by atoms with Gasteiger partial charge in [0, 0.05) is 24.7 Å². The standard InChI is InChI=1S/C11H20N2/c1-2-6-11(13-8-3-1)10-5-4-7-12-9-10/h10,12H,1-9H2/t10-/m1/s1. The summed E-state index contributed by atoms with van der Waals surface area (Å²) in [6.07, 6.45) is 8.04. The molecule has 1 saturated heterocycles. The lowest BCUT2D eigenvalue weighted by Crippen LogP contribution is -2.34.